The highest BCUT2D eigenvalue weighted by Crippen LogP contribution is 2.25. The molecule has 1 fully saturated rings. The number of rotatable bonds is 5. The molecule has 130 valence electrons. The maximum Gasteiger partial charge on any atom is 0.244 e. The maximum atomic E-state index is 13.3. The largest absolute Gasteiger partial charge is 0.350 e. The Bertz CT molecular complexity index is 941. The molecule has 4 rings (SSSR count). The molecule has 1 saturated carbocycles. The first-order valence-corrected chi connectivity index (χ1v) is 8.59. The molecule has 1 amide bonds. The normalized spacial score (nSPS) is 13.9. The summed E-state index contributed by atoms with van der Waals surface area (Å²) in [6, 6.07) is 16.2. The standard InChI is InChI=1S/C21H18FN3O/c22-17-9-6-15(7-10-17)21-16(8-13-20(26)23-18-11-12-18)14-25(24-21)19-4-2-1-3-5-19/h1-10,13-14,18H,11-12H2,(H,23,26). The number of hydrogen-bond donors (Lipinski definition) is 1. The number of amides is 1. The monoisotopic (exact) mass is 347 g/mol. The molecular weight excluding hydrogens is 329 g/mol. The maximum absolute atomic E-state index is 13.3. The number of benzene rings is 2. The van der Waals surface area contributed by atoms with E-state index in [-0.39, 0.29) is 11.7 Å². The summed E-state index contributed by atoms with van der Waals surface area (Å²) in [5.41, 5.74) is 3.21. The Morgan fingerprint density at radius 2 is 1.85 bits per heavy atom. The van der Waals surface area contributed by atoms with Gasteiger partial charge in [0.1, 0.15) is 5.82 Å². The highest BCUT2D eigenvalue weighted by Gasteiger charge is 2.22. The van der Waals surface area contributed by atoms with Gasteiger partial charge in [-0.2, -0.15) is 5.10 Å². The van der Waals surface area contributed by atoms with Crippen LogP contribution in [-0.2, 0) is 4.79 Å². The van der Waals surface area contributed by atoms with Crippen molar-refractivity contribution in [1.82, 2.24) is 15.1 Å². The molecule has 26 heavy (non-hydrogen) atoms. The number of nitrogens with zero attached hydrogens (tertiary/aromatic N) is 2. The molecule has 1 aromatic heterocycles. The minimum atomic E-state index is -0.294. The minimum absolute atomic E-state index is 0.106. The smallest absolute Gasteiger partial charge is 0.244 e. The van der Waals surface area contributed by atoms with Crippen molar-refractivity contribution in [1.29, 1.82) is 0 Å². The Balaban J connectivity index is 1.69. The van der Waals surface area contributed by atoms with E-state index < -0.39 is 0 Å². The summed E-state index contributed by atoms with van der Waals surface area (Å²) in [7, 11) is 0. The van der Waals surface area contributed by atoms with Gasteiger partial charge in [-0.1, -0.05) is 18.2 Å². The lowest BCUT2D eigenvalue weighted by molar-refractivity contribution is -0.116. The number of nitrogens with one attached hydrogen (secondary N) is 1. The summed E-state index contributed by atoms with van der Waals surface area (Å²) in [5, 5.41) is 7.57. The van der Waals surface area contributed by atoms with Gasteiger partial charge in [-0.25, -0.2) is 9.07 Å². The average Bonchev–Trinajstić information content (AvgIpc) is 3.37. The zero-order chi connectivity index (χ0) is 17.9. The first-order valence-electron chi connectivity index (χ1n) is 8.59. The molecule has 0 bridgehead atoms. The average molecular weight is 347 g/mol. The molecule has 0 saturated heterocycles. The molecule has 0 unspecified atom stereocenters. The van der Waals surface area contributed by atoms with Gasteiger partial charge in [0.15, 0.2) is 0 Å². The number of hydrogen-bond acceptors (Lipinski definition) is 2. The van der Waals surface area contributed by atoms with Crippen LogP contribution in [0, 0.1) is 5.82 Å². The van der Waals surface area contributed by atoms with Gasteiger partial charge in [0.05, 0.1) is 11.4 Å². The van der Waals surface area contributed by atoms with Gasteiger partial charge in [0.25, 0.3) is 0 Å². The lowest BCUT2D eigenvalue weighted by atomic mass is 10.1. The summed E-state index contributed by atoms with van der Waals surface area (Å²) >= 11 is 0. The van der Waals surface area contributed by atoms with Crippen LogP contribution in [0.2, 0.25) is 0 Å². The minimum Gasteiger partial charge on any atom is -0.350 e. The van der Waals surface area contributed by atoms with Gasteiger partial charge in [-0.3, -0.25) is 4.79 Å². The van der Waals surface area contributed by atoms with Crippen LogP contribution in [0.25, 0.3) is 23.0 Å². The Labute approximate surface area is 151 Å². The third-order valence-electron chi connectivity index (χ3n) is 4.22. The van der Waals surface area contributed by atoms with Gasteiger partial charge < -0.3 is 5.32 Å². The van der Waals surface area contributed by atoms with Gasteiger partial charge in [0, 0.05) is 29.4 Å². The van der Waals surface area contributed by atoms with E-state index in [1.54, 1.807) is 22.9 Å². The van der Waals surface area contributed by atoms with Crippen molar-refractivity contribution in [2.75, 3.05) is 0 Å². The zero-order valence-corrected chi connectivity index (χ0v) is 14.1. The predicted molar refractivity (Wildman–Crippen MR) is 99.2 cm³/mol. The molecule has 2 aromatic carbocycles. The van der Waals surface area contributed by atoms with Crippen LogP contribution in [-0.4, -0.2) is 21.7 Å². The van der Waals surface area contributed by atoms with Crippen LogP contribution < -0.4 is 5.32 Å². The van der Waals surface area contributed by atoms with Crippen LogP contribution >= 0.6 is 0 Å². The van der Waals surface area contributed by atoms with E-state index in [2.05, 4.69) is 10.4 Å². The van der Waals surface area contributed by atoms with Gasteiger partial charge in [-0.05, 0) is 55.3 Å². The second-order valence-corrected chi connectivity index (χ2v) is 6.34. The van der Waals surface area contributed by atoms with Crippen LogP contribution in [0.4, 0.5) is 4.39 Å². The van der Waals surface area contributed by atoms with Gasteiger partial charge in [0.2, 0.25) is 5.91 Å². The predicted octanol–water partition coefficient (Wildman–Crippen LogP) is 3.97. The fourth-order valence-electron chi connectivity index (χ4n) is 2.70. The second-order valence-electron chi connectivity index (χ2n) is 6.34. The molecule has 1 heterocycles. The van der Waals surface area contributed by atoms with Gasteiger partial charge >= 0.3 is 0 Å². The Kier molecular flexibility index (Phi) is 4.35. The fraction of sp³-hybridized carbons (Fsp3) is 0.143. The van der Waals surface area contributed by atoms with Crippen molar-refractivity contribution in [2.45, 2.75) is 18.9 Å². The van der Waals surface area contributed by atoms with Crippen molar-refractivity contribution in [2.24, 2.45) is 0 Å². The van der Waals surface area contributed by atoms with Crippen LogP contribution in [0.5, 0.6) is 0 Å². The SMILES string of the molecule is O=C(C=Cc1cn(-c2ccccc2)nc1-c1ccc(F)cc1)NC1CC1. The van der Waals surface area contributed by atoms with E-state index in [0.717, 1.165) is 29.7 Å². The number of aromatic nitrogens is 2. The molecule has 1 N–H and O–H groups in total. The molecular formula is C21H18FN3O. The van der Waals surface area contributed by atoms with E-state index in [1.807, 2.05) is 36.5 Å². The first kappa shape index (κ1) is 16.3. The van der Waals surface area contributed by atoms with Crippen molar-refractivity contribution >= 4 is 12.0 Å². The fourth-order valence-corrected chi connectivity index (χ4v) is 2.70. The molecule has 0 radical (unpaired) electrons. The molecule has 0 aliphatic heterocycles. The lowest BCUT2D eigenvalue weighted by Gasteiger charge is -2.00. The highest BCUT2D eigenvalue weighted by molar-refractivity contribution is 5.93. The highest BCUT2D eigenvalue weighted by atomic mass is 19.1. The van der Waals surface area contributed by atoms with Crippen LogP contribution in [0.1, 0.15) is 18.4 Å². The molecule has 5 heteroatoms. The van der Waals surface area contributed by atoms with E-state index in [0.29, 0.717) is 11.7 Å². The van der Waals surface area contributed by atoms with E-state index in [1.165, 1.54) is 18.2 Å². The Morgan fingerprint density at radius 1 is 1.12 bits per heavy atom. The van der Waals surface area contributed by atoms with Gasteiger partial charge in [-0.15, -0.1) is 0 Å². The topological polar surface area (TPSA) is 46.9 Å². The Hall–Kier alpha value is -3.21. The number of halogens is 1. The van der Waals surface area contributed by atoms with E-state index in [9.17, 15) is 9.18 Å². The molecule has 4 nitrogen and oxygen atoms in total. The number of para-hydroxylation sites is 1. The summed E-state index contributed by atoms with van der Waals surface area (Å²) in [6.45, 7) is 0. The van der Waals surface area contributed by atoms with E-state index in [4.69, 9.17) is 0 Å². The first-order chi connectivity index (χ1) is 12.7. The third kappa shape index (κ3) is 3.72. The molecule has 3 aromatic rings. The lowest BCUT2D eigenvalue weighted by Crippen LogP contribution is -2.22. The molecule has 1 aliphatic carbocycles. The van der Waals surface area contributed by atoms with Crippen molar-refractivity contribution < 1.29 is 9.18 Å². The second kappa shape index (κ2) is 6.96. The van der Waals surface area contributed by atoms with E-state index >= 15 is 0 Å². The van der Waals surface area contributed by atoms with Crippen molar-refractivity contribution in [3.05, 3.63) is 78.3 Å². The third-order valence-corrected chi connectivity index (χ3v) is 4.22. The number of carbonyl (C=O) groups is 1. The molecule has 0 atom stereocenters. The van der Waals surface area contributed by atoms with Crippen LogP contribution in [0.15, 0.2) is 66.9 Å². The zero-order valence-electron chi connectivity index (χ0n) is 14.1. The number of carbonyl (C=O) groups excluding carboxylic acids is 1. The summed E-state index contributed by atoms with van der Waals surface area (Å²) < 4.78 is 15.0. The summed E-state index contributed by atoms with van der Waals surface area (Å²) in [4.78, 5) is 12.0. The van der Waals surface area contributed by atoms with Crippen molar-refractivity contribution in [3.63, 3.8) is 0 Å². The summed E-state index contributed by atoms with van der Waals surface area (Å²) in [5.74, 6) is -0.401. The molecule has 1 aliphatic rings. The van der Waals surface area contributed by atoms with Crippen molar-refractivity contribution in [3.8, 4) is 16.9 Å². The molecule has 0 spiro atoms. The Morgan fingerprint density at radius 3 is 2.54 bits per heavy atom. The summed E-state index contributed by atoms with van der Waals surface area (Å²) in [6.07, 6.45) is 7.24. The quantitative estimate of drug-likeness (QED) is 0.710. The van der Waals surface area contributed by atoms with Crippen LogP contribution in [0.3, 0.4) is 0 Å².